The molecule has 2 aromatic rings. The molecule has 0 radical (unpaired) electrons. The molecule has 1 aromatic carbocycles. The molecule has 1 aromatic heterocycles. The molecule has 3 rings (SSSR count). The van der Waals surface area contributed by atoms with Crippen molar-refractivity contribution < 1.29 is 9.47 Å². The molecular weight excluding hydrogens is 300 g/mol. The first kappa shape index (κ1) is 14.5. The summed E-state index contributed by atoms with van der Waals surface area (Å²) in [7, 11) is 0. The van der Waals surface area contributed by atoms with Crippen LogP contribution in [0.15, 0.2) is 42.1 Å². The van der Waals surface area contributed by atoms with Gasteiger partial charge >= 0.3 is 0 Å². The highest BCUT2D eigenvalue weighted by atomic mass is 32.2. The van der Waals surface area contributed by atoms with E-state index in [1.165, 1.54) is 11.8 Å². The Morgan fingerprint density at radius 1 is 1.41 bits per heavy atom. The van der Waals surface area contributed by atoms with Crippen LogP contribution in [0.25, 0.3) is 0 Å². The van der Waals surface area contributed by atoms with E-state index < -0.39 is 0 Å². The molecule has 0 amide bonds. The fourth-order valence-corrected chi connectivity index (χ4v) is 2.81. The molecule has 22 heavy (non-hydrogen) atoms. The highest BCUT2D eigenvalue weighted by molar-refractivity contribution is 7.99. The van der Waals surface area contributed by atoms with Gasteiger partial charge in [-0.25, -0.2) is 0 Å². The number of thioether (sulfide) groups is 1. The van der Waals surface area contributed by atoms with Crippen LogP contribution in [0.4, 0.5) is 0 Å². The Kier molecular flexibility index (Phi) is 4.30. The molecule has 0 saturated heterocycles. The number of fused-ring (bicyclic) bond motifs is 1. The van der Waals surface area contributed by atoms with Crippen LogP contribution in [0.1, 0.15) is 11.9 Å². The van der Waals surface area contributed by atoms with Gasteiger partial charge < -0.3 is 9.47 Å². The minimum absolute atomic E-state index is 0.320. The summed E-state index contributed by atoms with van der Waals surface area (Å²) in [4.78, 5) is 0. The number of nitrogens with zero attached hydrogens (tertiary/aromatic N) is 4. The molecule has 0 aliphatic carbocycles. The second kappa shape index (κ2) is 6.54. The van der Waals surface area contributed by atoms with E-state index in [0.29, 0.717) is 35.6 Å². The summed E-state index contributed by atoms with van der Waals surface area (Å²) in [6.45, 7) is 4.68. The summed E-state index contributed by atoms with van der Waals surface area (Å²) in [5.41, 5.74) is 0. The summed E-state index contributed by atoms with van der Waals surface area (Å²) in [6, 6.07) is 9.62. The van der Waals surface area contributed by atoms with E-state index in [9.17, 15) is 0 Å². The van der Waals surface area contributed by atoms with Crippen LogP contribution in [0.5, 0.6) is 11.5 Å². The number of nitriles is 1. The van der Waals surface area contributed by atoms with Gasteiger partial charge in [-0.15, -0.1) is 16.8 Å². The van der Waals surface area contributed by atoms with Gasteiger partial charge in [-0.05, 0) is 12.1 Å². The molecular formula is C15H14N4O2S. The first-order chi connectivity index (χ1) is 10.8. The summed E-state index contributed by atoms with van der Waals surface area (Å²) in [6.07, 6.45) is 1.43. The lowest BCUT2D eigenvalue weighted by molar-refractivity contribution is 0.0821. The van der Waals surface area contributed by atoms with Crippen molar-refractivity contribution in [3.05, 3.63) is 42.7 Å². The van der Waals surface area contributed by atoms with Crippen LogP contribution < -0.4 is 9.47 Å². The van der Waals surface area contributed by atoms with Gasteiger partial charge in [0.25, 0.3) is 0 Å². The van der Waals surface area contributed by atoms with E-state index in [-0.39, 0.29) is 6.10 Å². The van der Waals surface area contributed by atoms with E-state index in [1.807, 2.05) is 28.8 Å². The van der Waals surface area contributed by atoms with Crippen molar-refractivity contribution >= 4 is 11.8 Å². The number of allylic oxidation sites excluding steroid dienone is 1. The molecule has 1 aliphatic heterocycles. The van der Waals surface area contributed by atoms with Gasteiger partial charge in [0.2, 0.25) is 0 Å². The Bertz CT molecular complexity index is 723. The Morgan fingerprint density at radius 2 is 2.23 bits per heavy atom. The Labute approximate surface area is 132 Å². The number of para-hydroxylation sites is 2. The van der Waals surface area contributed by atoms with Crippen LogP contribution in [0, 0.1) is 11.3 Å². The van der Waals surface area contributed by atoms with Gasteiger partial charge in [0.15, 0.2) is 28.6 Å². The minimum Gasteiger partial charge on any atom is -0.485 e. The molecule has 0 N–H and O–H groups in total. The lowest BCUT2D eigenvalue weighted by Gasteiger charge is -2.26. The van der Waals surface area contributed by atoms with Crippen molar-refractivity contribution in [1.29, 1.82) is 5.26 Å². The summed E-state index contributed by atoms with van der Waals surface area (Å²) in [5.74, 6) is 2.42. The Morgan fingerprint density at radius 3 is 3.00 bits per heavy atom. The summed E-state index contributed by atoms with van der Waals surface area (Å²) in [5, 5.41) is 17.8. The second-order valence-electron chi connectivity index (χ2n) is 4.55. The molecule has 2 heterocycles. The maximum absolute atomic E-state index is 8.72. The Balaban J connectivity index is 1.87. The third-order valence-corrected chi connectivity index (χ3v) is 3.95. The molecule has 1 atom stereocenters. The highest BCUT2D eigenvalue weighted by Gasteiger charge is 2.28. The number of ether oxygens (including phenoxy) is 2. The largest absolute Gasteiger partial charge is 0.485 e. The highest BCUT2D eigenvalue weighted by Crippen LogP contribution is 2.36. The topological polar surface area (TPSA) is 73.0 Å². The molecule has 0 spiro atoms. The predicted molar refractivity (Wildman–Crippen MR) is 81.9 cm³/mol. The molecule has 1 aliphatic rings. The van der Waals surface area contributed by atoms with Gasteiger partial charge in [-0.2, -0.15) is 5.26 Å². The van der Waals surface area contributed by atoms with E-state index in [2.05, 4.69) is 22.8 Å². The first-order valence-electron chi connectivity index (χ1n) is 6.75. The minimum atomic E-state index is -0.334. The molecule has 0 unspecified atom stereocenters. The lowest BCUT2D eigenvalue weighted by atomic mass is 10.2. The van der Waals surface area contributed by atoms with Crippen molar-refractivity contribution in [2.45, 2.75) is 17.8 Å². The van der Waals surface area contributed by atoms with Gasteiger partial charge in [-0.1, -0.05) is 30.0 Å². The third kappa shape index (κ3) is 2.78. The summed E-state index contributed by atoms with van der Waals surface area (Å²) >= 11 is 1.34. The smallest absolute Gasteiger partial charge is 0.192 e. The normalized spacial score (nSPS) is 16.0. The van der Waals surface area contributed by atoms with E-state index in [4.69, 9.17) is 14.7 Å². The maximum Gasteiger partial charge on any atom is 0.192 e. The predicted octanol–water partition coefficient (Wildman–Crippen LogP) is 2.59. The average molecular weight is 314 g/mol. The quantitative estimate of drug-likeness (QED) is 0.624. The standard InChI is InChI=1S/C15H14N4O2S/c1-2-8-19-14(17-18-15(19)22-9-7-16)13-10-20-11-5-3-4-6-12(11)21-13/h2-6,13H,1,8-10H2/t13-/m1/s1. The Hall–Kier alpha value is -2.46. The lowest BCUT2D eigenvalue weighted by Crippen LogP contribution is -2.25. The zero-order valence-electron chi connectivity index (χ0n) is 11.8. The van der Waals surface area contributed by atoms with Crippen LogP contribution in [0.2, 0.25) is 0 Å². The number of rotatable bonds is 5. The van der Waals surface area contributed by atoms with E-state index in [0.717, 1.165) is 5.75 Å². The molecule has 112 valence electrons. The monoisotopic (exact) mass is 314 g/mol. The molecule has 7 heteroatoms. The molecule has 6 nitrogen and oxygen atoms in total. The summed E-state index contributed by atoms with van der Waals surface area (Å²) < 4.78 is 13.6. The van der Waals surface area contributed by atoms with Crippen LogP contribution >= 0.6 is 11.8 Å². The molecule has 0 fully saturated rings. The fraction of sp³-hybridized carbons (Fsp3) is 0.267. The number of hydrogen-bond donors (Lipinski definition) is 0. The zero-order valence-corrected chi connectivity index (χ0v) is 12.6. The van der Waals surface area contributed by atoms with Gasteiger partial charge in [0, 0.05) is 6.54 Å². The van der Waals surface area contributed by atoms with Gasteiger partial charge in [0.05, 0.1) is 11.8 Å². The molecule has 0 bridgehead atoms. The van der Waals surface area contributed by atoms with E-state index >= 15 is 0 Å². The van der Waals surface area contributed by atoms with Crippen molar-refractivity contribution in [1.82, 2.24) is 14.8 Å². The maximum atomic E-state index is 8.72. The van der Waals surface area contributed by atoms with Crippen LogP contribution in [-0.2, 0) is 6.54 Å². The first-order valence-corrected chi connectivity index (χ1v) is 7.74. The molecule has 0 saturated carbocycles. The van der Waals surface area contributed by atoms with Crippen molar-refractivity contribution in [3.63, 3.8) is 0 Å². The second-order valence-corrected chi connectivity index (χ2v) is 5.49. The van der Waals surface area contributed by atoms with Crippen molar-refractivity contribution in [2.75, 3.05) is 12.4 Å². The number of aromatic nitrogens is 3. The number of hydrogen-bond acceptors (Lipinski definition) is 6. The van der Waals surface area contributed by atoms with Gasteiger partial charge in [-0.3, -0.25) is 4.57 Å². The average Bonchev–Trinajstić information content (AvgIpc) is 2.95. The van der Waals surface area contributed by atoms with E-state index in [1.54, 1.807) is 6.08 Å². The van der Waals surface area contributed by atoms with Crippen LogP contribution in [-0.4, -0.2) is 27.1 Å². The third-order valence-electron chi connectivity index (χ3n) is 3.12. The van der Waals surface area contributed by atoms with Crippen LogP contribution in [0.3, 0.4) is 0 Å². The fourth-order valence-electron chi connectivity index (χ4n) is 2.19. The van der Waals surface area contributed by atoms with Crippen molar-refractivity contribution in [2.24, 2.45) is 0 Å². The zero-order chi connectivity index (χ0) is 15.4. The number of benzene rings is 1. The van der Waals surface area contributed by atoms with Gasteiger partial charge in [0.1, 0.15) is 6.61 Å². The SMILES string of the molecule is C=CCn1c(SCC#N)nnc1[C@H]1COc2ccccc2O1. The van der Waals surface area contributed by atoms with Crippen molar-refractivity contribution in [3.8, 4) is 17.6 Å².